The van der Waals surface area contributed by atoms with Crippen LogP contribution >= 0.6 is 22.7 Å². The molecule has 0 bridgehead atoms. The first-order valence-electron chi connectivity index (χ1n) is 8.18. The second-order valence-electron chi connectivity index (χ2n) is 5.74. The zero-order valence-electron chi connectivity index (χ0n) is 14.3. The molecule has 3 aromatic rings. The van der Waals surface area contributed by atoms with Crippen LogP contribution in [0.5, 0.6) is 0 Å². The quantitative estimate of drug-likeness (QED) is 0.655. The Morgan fingerprint density at radius 2 is 1.85 bits per heavy atom. The minimum absolute atomic E-state index is 0.0349. The summed E-state index contributed by atoms with van der Waals surface area (Å²) in [5.74, 6) is -0.0790. The summed E-state index contributed by atoms with van der Waals surface area (Å²) in [7, 11) is 0. The van der Waals surface area contributed by atoms with Crippen LogP contribution < -0.4 is 10.6 Å². The van der Waals surface area contributed by atoms with Crippen LogP contribution in [0.15, 0.2) is 47.8 Å². The maximum Gasteiger partial charge on any atom is 0.227 e. The van der Waals surface area contributed by atoms with E-state index in [1.165, 1.54) is 18.3 Å². The number of thiazole rings is 1. The zero-order valence-corrected chi connectivity index (χ0v) is 16.0. The zero-order chi connectivity index (χ0) is 18.4. The number of carbonyl (C=O) groups is 2. The standard InChI is InChI=1S/C19H19N3O2S2/c1-13(23)20-11-15-7-8-17(26-15)16-12-25-19(22-16)9-18(24)21-10-14-5-3-2-4-6-14/h2-8,12H,9-11H2,1H3,(H,20,23)(H,21,24). The first-order valence-corrected chi connectivity index (χ1v) is 9.88. The fourth-order valence-electron chi connectivity index (χ4n) is 2.32. The minimum atomic E-state index is -0.0441. The van der Waals surface area contributed by atoms with E-state index >= 15 is 0 Å². The highest BCUT2D eigenvalue weighted by molar-refractivity contribution is 7.16. The van der Waals surface area contributed by atoms with Gasteiger partial charge in [0.1, 0.15) is 5.01 Å². The van der Waals surface area contributed by atoms with Crippen LogP contribution in [0.2, 0.25) is 0 Å². The number of rotatable bonds is 7. The largest absolute Gasteiger partial charge is 0.352 e. The van der Waals surface area contributed by atoms with E-state index in [1.807, 2.05) is 47.8 Å². The van der Waals surface area contributed by atoms with Gasteiger partial charge in [-0.3, -0.25) is 9.59 Å². The molecule has 0 aliphatic carbocycles. The van der Waals surface area contributed by atoms with Gasteiger partial charge in [-0.2, -0.15) is 0 Å². The minimum Gasteiger partial charge on any atom is -0.352 e. The number of carbonyl (C=O) groups excluding carboxylic acids is 2. The molecule has 2 heterocycles. The van der Waals surface area contributed by atoms with E-state index in [9.17, 15) is 9.59 Å². The first-order chi connectivity index (χ1) is 12.6. The summed E-state index contributed by atoms with van der Waals surface area (Å²) in [6.07, 6.45) is 0.279. The van der Waals surface area contributed by atoms with Crippen LogP contribution in [0.1, 0.15) is 22.4 Å². The fraction of sp³-hybridized carbons (Fsp3) is 0.211. The molecule has 0 aliphatic rings. The highest BCUT2D eigenvalue weighted by atomic mass is 32.1. The lowest BCUT2D eigenvalue weighted by atomic mass is 10.2. The maximum absolute atomic E-state index is 12.1. The third kappa shape index (κ3) is 5.24. The number of aromatic nitrogens is 1. The van der Waals surface area contributed by atoms with Crippen molar-refractivity contribution in [3.63, 3.8) is 0 Å². The summed E-state index contributed by atoms with van der Waals surface area (Å²) >= 11 is 3.08. The molecule has 7 heteroatoms. The highest BCUT2D eigenvalue weighted by Crippen LogP contribution is 2.29. The van der Waals surface area contributed by atoms with Gasteiger partial charge in [-0.25, -0.2) is 4.98 Å². The van der Waals surface area contributed by atoms with Gasteiger partial charge in [-0.15, -0.1) is 22.7 Å². The lowest BCUT2D eigenvalue weighted by molar-refractivity contribution is -0.121. The molecule has 2 aromatic heterocycles. The van der Waals surface area contributed by atoms with E-state index in [4.69, 9.17) is 0 Å². The van der Waals surface area contributed by atoms with Crippen LogP contribution in [-0.4, -0.2) is 16.8 Å². The summed E-state index contributed by atoms with van der Waals surface area (Å²) < 4.78 is 0. The van der Waals surface area contributed by atoms with Gasteiger partial charge in [-0.1, -0.05) is 30.3 Å². The van der Waals surface area contributed by atoms with Crippen molar-refractivity contribution in [2.24, 2.45) is 0 Å². The van der Waals surface area contributed by atoms with E-state index in [0.717, 1.165) is 26.0 Å². The fourth-order valence-corrected chi connectivity index (χ4v) is 4.10. The summed E-state index contributed by atoms with van der Waals surface area (Å²) in [5, 5.41) is 8.46. The van der Waals surface area contributed by atoms with Crippen molar-refractivity contribution >= 4 is 34.5 Å². The SMILES string of the molecule is CC(=O)NCc1ccc(-c2csc(CC(=O)NCc3ccccc3)n2)s1. The number of hydrogen-bond acceptors (Lipinski definition) is 5. The van der Waals surface area contributed by atoms with E-state index in [0.29, 0.717) is 13.1 Å². The van der Waals surface area contributed by atoms with Crippen molar-refractivity contribution in [1.82, 2.24) is 15.6 Å². The highest BCUT2D eigenvalue weighted by Gasteiger charge is 2.11. The van der Waals surface area contributed by atoms with Gasteiger partial charge in [0.15, 0.2) is 0 Å². The number of nitrogens with zero attached hydrogens (tertiary/aromatic N) is 1. The van der Waals surface area contributed by atoms with Crippen molar-refractivity contribution in [2.45, 2.75) is 26.4 Å². The molecule has 0 unspecified atom stereocenters. The maximum atomic E-state index is 12.1. The Hall–Kier alpha value is -2.51. The smallest absolute Gasteiger partial charge is 0.227 e. The Kier molecular flexibility index (Phi) is 6.14. The van der Waals surface area contributed by atoms with Gasteiger partial charge in [0.05, 0.1) is 23.5 Å². The Labute approximate surface area is 160 Å². The average molecular weight is 386 g/mol. The second kappa shape index (κ2) is 8.73. The van der Waals surface area contributed by atoms with Gasteiger partial charge >= 0.3 is 0 Å². The van der Waals surface area contributed by atoms with Crippen LogP contribution in [-0.2, 0) is 29.1 Å². The van der Waals surface area contributed by atoms with Crippen molar-refractivity contribution in [3.05, 3.63) is 63.3 Å². The number of hydrogen-bond donors (Lipinski definition) is 2. The lowest BCUT2D eigenvalue weighted by Gasteiger charge is -2.03. The van der Waals surface area contributed by atoms with Gasteiger partial charge in [-0.05, 0) is 17.7 Å². The number of nitrogens with one attached hydrogen (secondary N) is 2. The van der Waals surface area contributed by atoms with Gasteiger partial charge in [0.2, 0.25) is 11.8 Å². The molecule has 0 fully saturated rings. The first kappa shape index (κ1) is 18.3. The van der Waals surface area contributed by atoms with Crippen molar-refractivity contribution in [2.75, 3.05) is 0 Å². The lowest BCUT2D eigenvalue weighted by Crippen LogP contribution is -2.24. The van der Waals surface area contributed by atoms with Crippen LogP contribution in [0, 0.1) is 0 Å². The molecule has 1 aromatic carbocycles. The molecule has 0 spiro atoms. The number of amides is 2. The molecule has 134 valence electrons. The topological polar surface area (TPSA) is 71.1 Å². The molecule has 0 radical (unpaired) electrons. The third-order valence-electron chi connectivity index (χ3n) is 3.62. The Balaban J connectivity index is 1.54. The number of benzene rings is 1. The summed E-state index contributed by atoms with van der Waals surface area (Å²) in [5.41, 5.74) is 1.95. The molecule has 2 N–H and O–H groups in total. The van der Waals surface area contributed by atoms with Crippen LogP contribution in [0.25, 0.3) is 10.6 Å². The van der Waals surface area contributed by atoms with E-state index in [-0.39, 0.29) is 18.2 Å². The Morgan fingerprint density at radius 3 is 2.62 bits per heavy atom. The van der Waals surface area contributed by atoms with Crippen molar-refractivity contribution in [3.8, 4) is 10.6 Å². The van der Waals surface area contributed by atoms with Crippen molar-refractivity contribution in [1.29, 1.82) is 0 Å². The van der Waals surface area contributed by atoms with Gasteiger partial charge in [0.25, 0.3) is 0 Å². The van der Waals surface area contributed by atoms with E-state index in [2.05, 4.69) is 15.6 Å². The average Bonchev–Trinajstić information content (AvgIpc) is 3.28. The molecule has 0 saturated carbocycles. The molecule has 3 rings (SSSR count). The van der Waals surface area contributed by atoms with Gasteiger partial charge < -0.3 is 10.6 Å². The van der Waals surface area contributed by atoms with Crippen LogP contribution in [0.4, 0.5) is 0 Å². The molecule has 0 aliphatic heterocycles. The molecule has 0 saturated heterocycles. The van der Waals surface area contributed by atoms with E-state index < -0.39 is 0 Å². The molecule has 5 nitrogen and oxygen atoms in total. The Morgan fingerprint density at radius 1 is 1.04 bits per heavy atom. The summed E-state index contributed by atoms with van der Waals surface area (Å²) in [6, 6.07) is 13.8. The predicted octanol–water partition coefficient (Wildman–Crippen LogP) is 3.37. The molecule has 2 amide bonds. The third-order valence-corrected chi connectivity index (χ3v) is 5.58. The molecule has 26 heavy (non-hydrogen) atoms. The molecular formula is C19H19N3O2S2. The van der Waals surface area contributed by atoms with Crippen LogP contribution in [0.3, 0.4) is 0 Å². The van der Waals surface area contributed by atoms with E-state index in [1.54, 1.807) is 11.3 Å². The normalized spacial score (nSPS) is 10.5. The van der Waals surface area contributed by atoms with Gasteiger partial charge in [0, 0.05) is 23.7 Å². The summed E-state index contributed by atoms with van der Waals surface area (Å²) in [4.78, 5) is 29.8. The summed E-state index contributed by atoms with van der Waals surface area (Å²) in [6.45, 7) is 2.55. The van der Waals surface area contributed by atoms with Crippen molar-refractivity contribution < 1.29 is 9.59 Å². The number of thiophene rings is 1. The molecular weight excluding hydrogens is 366 g/mol. The molecule has 0 atom stereocenters. The second-order valence-corrected chi connectivity index (χ2v) is 7.85. The monoisotopic (exact) mass is 385 g/mol. The Bertz CT molecular complexity index is 887. The predicted molar refractivity (Wildman–Crippen MR) is 105 cm³/mol.